The Morgan fingerprint density at radius 2 is 1.89 bits per heavy atom. The van der Waals surface area contributed by atoms with Crippen molar-refractivity contribution in [2.24, 2.45) is 5.11 Å². The molecule has 7 heteroatoms. The summed E-state index contributed by atoms with van der Waals surface area (Å²) in [6.07, 6.45) is -2.46. The number of aryl methyl sites for hydroxylation is 2. The summed E-state index contributed by atoms with van der Waals surface area (Å²) in [7, 11) is 0. The van der Waals surface area contributed by atoms with E-state index in [0.717, 1.165) is 0 Å². The van der Waals surface area contributed by atoms with Crippen LogP contribution in [0.3, 0.4) is 0 Å². The van der Waals surface area contributed by atoms with Crippen LogP contribution in [-0.4, -0.2) is 33.9 Å². The number of carboxylic acids is 1. The minimum Gasteiger partial charge on any atom is -0.478 e. The van der Waals surface area contributed by atoms with E-state index in [2.05, 4.69) is 10.0 Å². The van der Waals surface area contributed by atoms with Gasteiger partial charge in [0.15, 0.2) is 0 Å². The molecule has 0 heterocycles. The minimum atomic E-state index is -1.23. The Hall–Kier alpha value is -2.08. The van der Waals surface area contributed by atoms with Crippen LogP contribution in [0.25, 0.3) is 10.4 Å². The van der Waals surface area contributed by atoms with E-state index in [-0.39, 0.29) is 12.1 Å². The van der Waals surface area contributed by atoms with Gasteiger partial charge in [-0.15, -0.1) is 0 Å². The van der Waals surface area contributed by atoms with Gasteiger partial charge in [0.2, 0.25) is 0 Å². The first-order chi connectivity index (χ1) is 8.88. The van der Waals surface area contributed by atoms with Crippen LogP contribution in [0.1, 0.15) is 33.2 Å². The first kappa shape index (κ1) is 15.0. The third kappa shape index (κ3) is 3.45. The Morgan fingerprint density at radius 3 is 2.32 bits per heavy atom. The van der Waals surface area contributed by atoms with Crippen LogP contribution in [0, 0.1) is 13.8 Å². The van der Waals surface area contributed by atoms with E-state index in [4.69, 9.17) is 10.6 Å². The van der Waals surface area contributed by atoms with Gasteiger partial charge in [-0.2, -0.15) is 0 Å². The third-order valence-corrected chi connectivity index (χ3v) is 2.81. The largest absolute Gasteiger partial charge is 0.478 e. The predicted octanol–water partition coefficient (Wildman–Crippen LogP) is 1.71. The molecule has 1 aromatic rings. The number of carbonyl (C=O) groups is 1. The number of hydrogen-bond donors (Lipinski definition) is 3. The number of carboxylic acid groups (broad SMARTS) is 1. The van der Waals surface area contributed by atoms with Gasteiger partial charge in [-0.25, -0.2) is 4.79 Å². The number of benzene rings is 1. The monoisotopic (exact) mass is 265 g/mol. The zero-order valence-corrected chi connectivity index (χ0v) is 10.6. The molecule has 1 aromatic carbocycles. The number of aliphatic hydroxyl groups is 2. The molecule has 2 unspecified atom stereocenters. The number of aromatic carboxylic acids is 1. The quantitative estimate of drug-likeness (QED) is 0.425. The lowest BCUT2D eigenvalue weighted by molar-refractivity contribution is 0.0243. The molecular weight excluding hydrogens is 250 g/mol. The summed E-state index contributed by atoms with van der Waals surface area (Å²) in [5.74, 6) is -1.04. The normalized spacial score (nSPS) is 13.5. The van der Waals surface area contributed by atoms with Gasteiger partial charge in [0.05, 0.1) is 18.2 Å². The molecule has 19 heavy (non-hydrogen) atoms. The summed E-state index contributed by atoms with van der Waals surface area (Å²) >= 11 is 0. The average molecular weight is 265 g/mol. The number of rotatable bonds is 5. The highest BCUT2D eigenvalue weighted by molar-refractivity contribution is 5.91. The van der Waals surface area contributed by atoms with Gasteiger partial charge in [0, 0.05) is 4.91 Å². The highest BCUT2D eigenvalue weighted by atomic mass is 16.4. The second-order valence-electron chi connectivity index (χ2n) is 4.26. The highest BCUT2D eigenvalue weighted by Crippen LogP contribution is 2.23. The van der Waals surface area contributed by atoms with Gasteiger partial charge in [0.1, 0.15) is 6.10 Å². The van der Waals surface area contributed by atoms with Crippen molar-refractivity contribution in [3.05, 3.63) is 44.8 Å². The molecular formula is C12H15N3O4. The van der Waals surface area contributed by atoms with Crippen molar-refractivity contribution in [2.45, 2.75) is 26.1 Å². The number of nitrogens with zero attached hydrogens (tertiary/aromatic N) is 3. The lowest BCUT2D eigenvalue weighted by Gasteiger charge is -2.18. The molecule has 7 nitrogen and oxygen atoms in total. The smallest absolute Gasteiger partial charge is 0.336 e. The molecule has 2 atom stereocenters. The van der Waals surface area contributed by atoms with Crippen LogP contribution in [0.2, 0.25) is 0 Å². The molecule has 0 aliphatic carbocycles. The summed E-state index contributed by atoms with van der Waals surface area (Å²) in [5.41, 5.74) is 9.72. The van der Waals surface area contributed by atoms with Crippen LogP contribution in [0.15, 0.2) is 17.2 Å². The van der Waals surface area contributed by atoms with Gasteiger partial charge in [0.25, 0.3) is 0 Å². The second kappa shape index (κ2) is 6.19. The molecule has 0 radical (unpaired) electrons. The maximum Gasteiger partial charge on any atom is 0.336 e. The summed E-state index contributed by atoms with van der Waals surface area (Å²) in [4.78, 5) is 13.5. The van der Waals surface area contributed by atoms with Crippen LogP contribution in [0.5, 0.6) is 0 Å². The maximum atomic E-state index is 11.0. The number of hydrogen-bond acceptors (Lipinski definition) is 4. The summed E-state index contributed by atoms with van der Waals surface area (Å²) < 4.78 is 0. The third-order valence-electron chi connectivity index (χ3n) is 2.81. The first-order valence-electron chi connectivity index (χ1n) is 5.60. The van der Waals surface area contributed by atoms with Crippen molar-refractivity contribution >= 4 is 5.97 Å². The van der Waals surface area contributed by atoms with Gasteiger partial charge < -0.3 is 15.3 Å². The molecule has 3 N–H and O–H groups in total. The van der Waals surface area contributed by atoms with Gasteiger partial charge >= 0.3 is 5.97 Å². The Morgan fingerprint density at radius 1 is 1.37 bits per heavy atom. The van der Waals surface area contributed by atoms with E-state index < -0.39 is 18.2 Å². The van der Waals surface area contributed by atoms with Crippen molar-refractivity contribution in [2.75, 3.05) is 6.54 Å². The molecule has 0 saturated heterocycles. The molecule has 0 aromatic heterocycles. The van der Waals surface area contributed by atoms with E-state index >= 15 is 0 Å². The van der Waals surface area contributed by atoms with Crippen LogP contribution < -0.4 is 0 Å². The molecule has 102 valence electrons. The average Bonchev–Trinajstić information content (AvgIpc) is 2.33. The summed E-state index contributed by atoms with van der Waals surface area (Å²) in [6.45, 7) is 2.98. The van der Waals surface area contributed by atoms with Crippen molar-refractivity contribution in [1.82, 2.24) is 0 Å². The van der Waals surface area contributed by atoms with Crippen molar-refractivity contribution in [3.63, 3.8) is 0 Å². The van der Waals surface area contributed by atoms with Crippen LogP contribution in [-0.2, 0) is 0 Å². The highest BCUT2D eigenvalue weighted by Gasteiger charge is 2.20. The molecule has 1 rings (SSSR count). The molecule has 0 saturated carbocycles. The number of azide groups is 1. The van der Waals surface area contributed by atoms with Gasteiger partial charge in [-0.05, 0) is 36.1 Å². The van der Waals surface area contributed by atoms with Crippen LogP contribution >= 0.6 is 0 Å². The fourth-order valence-electron chi connectivity index (χ4n) is 1.95. The van der Waals surface area contributed by atoms with Gasteiger partial charge in [-0.3, -0.25) is 0 Å². The Labute approximate surface area is 109 Å². The topological polar surface area (TPSA) is 127 Å². The second-order valence-corrected chi connectivity index (χ2v) is 4.26. The Balaban J connectivity index is 3.09. The van der Waals surface area contributed by atoms with E-state index in [0.29, 0.717) is 16.7 Å². The maximum absolute atomic E-state index is 11.0. The van der Waals surface area contributed by atoms with E-state index in [1.54, 1.807) is 13.8 Å². The summed E-state index contributed by atoms with van der Waals surface area (Å²) in [6, 6.07) is 3.00. The Kier molecular flexibility index (Phi) is 4.88. The van der Waals surface area contributed by atoms with Crippen molar-refractivity contribution in [3.8, 4) is 0 Å². The standard InChI is InChI=1S/C12H15N3O4/c1-6-3-8(4-7(2)10(6)12(18)19)11(17)9(16)5-14-15-13/h3-4,9,11,16-17H,5H2,1-2H3,(H,18,19). The van der Waals surface area contributed by atoms with Crippen molar-refractivity contribution < 1.29 is 20.1 Å². The minimum absolute atomic E-state index is 0.181. The SMILES string of the molecule is Cc1cc(C(O)C(O)CN=[N+]=[N-])cc(C)c1C(=O)O. The molecule has 0 amide bonds. The van der Waals surface area contributed by atoms with Crippen molar-refractivity contribution in [1.29, 1.82) is 0 Å². The molecule has 0 spiro atoms. The lowest BCUT2D eigenvalue weighted by Crippen LogP contribution is -2.21. The zero-order valence-electron chi connectivity index (χ0n) is 10.6. The molecule has 0 fully saturated rings. The molecule has 0 aliphatic rings. The van der Waals surface area contributed by atoms with E-state index in [1.807, 2.05) is 0 Å². The fraction of sp³-hybridized carbons (Fsp3) is 0.417. The first-order valence-corrected chi connectivity index (χ1v) is 5.60. The zero-order chi connectivity index (χ0) is 14.6. The fourth-order valence-corrected chi connectivity index (χ4v) is 1.95. The summed E-state index contributed by atoms with van der Waals surface area (Å²) in [5, 5.41) is 31.8. The molecule has 0 bridgehead atoms. The Bertz CT molecular complexity index is 515. The van der Waals surface area contributed by atoms with Gasteiger partial charge in [-0.1, -0.05) is 17.2 Å². The number of aliphatic hydroxyl groups excluding tert-OH is 2. The van der Waals surface area contributed by atoms with Crippen LogP contribution in [0.4, 0.5) is 0 Å². The lowest BCUT2D eigenvalue weighted by atomic mass is 9.95. The molecule has 0 aliphatic heterocycles. The van der Waals surface area contributed by atoms with E-state index in [9.17, 15) is 15.0 Å². The predicted molar refractivity (Wildman–Crippen MR) is 67.9 cm³/mol. The van der Waals surface area contributed by atoms with E-state index in [1.165, 1.54) is 12.1 Å².